The smallest absolute Gasteiger partial charge is 0.300 e. The van der Waals surface area contributed by atoms with Gasteiger partial charge in [-0.25, -0.2) is 52.3 Å². The molecule has 1 N–H and O–H groups in total. The summed E-state index contributed by atoms with van der Waals surface area (Å²) in [5, 5.41) is 0. The normalized spacial score (nSPS) is 11.4. The first-order chi connectivity index (χ1) is 30.0. The number of rotatable bonds is 8. The maximum absolute atomic E-state index is 12.6. The molecule has 0 aliphatic carbocycles. The first kappa shape index (κ1) is 49.6. The van der Waals surface area contributed by atoms with Crippen molar-refractivity contribution in [1.29, 1.82) is 0 Å². The summed E-state index contributed by atoms with van der Waals surface area (Å²) in [7, 11) is -11.4. The lowest BCUT2D eigenvalue weighted by atomic mass is 10.0. The Bertz CT molecular complexity index is 2850. The van der Waals surface area contributed by atoms with Crippen molar-refractivity contribution in [2.45, 2.75) is 31.4 Å². The van der Waals surface area contributed by atoms with E-state index in [4.69, 9.17) is 9.29 Å². The van der Waals surface area contributed by atoms with Gasteiger partial charge in [-0.1, -0.05) is 66.2 Å². The second-order valence-corrected chi connectivity index (χ2v) is 18.6. The number of hydrogen-bond acceptors (Lipinski definition) is 6. The van der Waals surface area contributed by atoms with Crippen molar-refractivity contribution < 1.29 is 74.6 Å². The predicted octanol–water partition coefficient (Wildman–Crippen LogP) is 12.1. The molecule has 0 radical (unpaired) electrons. The van der Waals surface area contributed by atoms with Gasteiger partial charge in [0.1, 0.15) is 26.5 Å². The Morgan fingerprint density at radius 2 is 0.859 bits per heavy atom. The molecule has 0 saturated carbocycles. The van der Waals surface area contributed by atoms with Gasteiger partial charge in [-0.05, 0) is 107 Å². The maximum atomic E-state index is 12.6. The van der Waals surface area contributed by atoms with Crippen molar-refractivity contribution >= 4 is 53.7 Å². The lowest BCUT2D eigenvalue weighted by molar-refractivity contribution is 0.350. The Labute approximate surface area is 375 Å². The Balaban J connectivity index is 0.000000213. The van der Waals surface area contributed by atoms with Gasteiger partial charge in [-0.2, -0.15) is 8.42 Å². The zero-order valence-electron chi connectivity index (χ0n) is 31.9. The number of ether oxygens (including phenoxy) is 1. The average molecular weight is 1070 g/mol. The molecule has 0 aromatic heterocycles. The van der Waals surface area contributed by atoms with E-state index < -0.39 is 88.2 Å². The lowest BCUT2D eigenvalue weighted by Gasteiger charge is -2.10. The SMILES string of the molecule is Cc1ccc(I)c(-c2ccc(Oc3ccc([S+](c4ccccc4)c4ccccc4)cc3)cc2)c1.O=S(=O)(O)c1c(F)c(F)c(F)c(F)c1F.O=S(=O)([O-])c1c(F)c(F)c(F)c(F)c1F. The molecule has 7 rings (SSSR count). The van der Waals surface area contributed by atoms with Gasteiger partial charge in [-0.3, -0.25) is 4.55 Å². The van der Waals surface area contributed by atoms with Crippen LogP contribution in [-0.2, 0) is 31.1 Å². The molecule has 64 heavy (non-hydrogen) atoms. The molecule has 7 aromatic rings. The topological polar surface area (TPSA) is 121 Å². The molecule has 21 heteroatoms. The van der Waals surface area contributed by atoms with Gasteiger partial charge in [0.2, 0.25) is 11.6 Å². The number of benzene rings is 7. The van der Waals surface area contributed by atoms with E-state index in [0.29, 0.717) is 0 Å². The highest BCUT2D eigenvalue weighted by atomic mass is 127. The van der Waals surface area contributed by atoms with Crippen LogP contribution in [0.5, 0.6) is 11.5 Å². The Morgan fingerprint density at radius 3 is 1.25 bits per heavy atom. The summed E-state index contributed by atoms with van der Waals surface area (Å²) in [6, 6.07) is 44.8. The van der Waals surface area contributed by atoms with Crippen LogP contribution >= 0.6 is 22.6 Å². The van der Waals surface area contributed by atoms with E-state index in [1.165, 1.54) is 34.9 Å². The van der Waals surface area contributed by atoms with Crippen LogP contribution in [0.25, 0.3) is 11.1 Å². The van der Waals surface area contributed by atoms with Crippen LogP contribution in [0.1, 0.15) is 5.56 Å². The summed E-state index contributed by atoms with van der Waals surface area (Å²) in [5.74, 6) is -23.7. The van der Waals surface area contributed by atoms with Crippen molar-refractivity contribution in [3.63, 3.8) is 0 Å². The van der Waals surface area contributed by atoms with E-state index in [9.17, 15) is 65.3 Å². The summed E-state index contributed by atoms with van der Waals surface area (Å²) < 4.78 is 192. The fraction of sp³-hybridized carbons (Fsp3) is 0.0233. The molecule has 334 valence electrons. The number of hydrogen-bond donors (Lipinski definition) is 1. The summed E-state index contributed by atoms with van der Waals surface area (Å²) in [4.78, 5) is -0.751. The van der Waals surface area contributed by atoms with E-state index in [1.807, 2.05) is 12.1 Å². The van der Waals surface area contributed by atoms with Gasteiger partial charge in [-0.15, -0.1) is 0 Å². The summed E-state index contributed by atoms with van der Waals surface area (Å²) >= 11 is 2.39. The van der Waals surface area contributed by atoms with Gasteiger partial charge >= 0.3 is 10.1 Å². The molecule has 0 aliphatic heterocycles. The van der Waals surface area contributed by atoms with E-state index in [0.717, 1.165) is 11.5 Å². The Hall–Kier alpha value is -5.46. The monoisotopic (exact) mass is 1070 g/mol. The molecule has 0 unspecified atom stereocenters. The van der Waals surface area contributed by atoms with E-state index >= 15 is 0 Å². The highest BCUT2D eigenvalue weighted by Gasteiger charge is 2.33. The molecule has 0 saturated heterocycles. The molecule has 0 fully saturated rings. The molecule has 0 amide bonds. The van der Waals surface area contributed by atoms with Gasteiger partial charge in [0.25, 0.3) is 0 Å². The van der Waals surface area contributed by atoms with Crippen molar-refractivity contribution in [3.05, 3.63) is 195 Å². The Morgan fingerprint density at radius 1 is 0.500 bits per heavy atom. The molecule has 7 nitrogen and oxygen atoms in total. The molecule has 0 atom stereocenters. The van der Waals surface area contributed by atoms with Crippen LogP contribution in [0.3, 0.4) is 0 Å². The van der Waals surface area contributed by atoms with E-state index in [-0.39, 0.29) is 10.9 Å². The average Bonchev–Trinajstić information content (AvgIpc) is 3.26. The maximum Gasteiger partial charge on any atom is 0.300 e. The minimum atomic E-state index is -5.77. The van der Waals surface area contributed by atoms with Crippen molar-refractivity contribution in [2.75, 3.05) is 0 Å². The lowest BCUT2D eigenvalue weighted by Crippen LogP contribution is -2.12. The van der Waals surface area contributed by atoms with E-state index in [1.54, 1.807) is 0 Å². The number of aryl methyl sites for hydroxylation is 1. The third-order valence-corrected chi connectivity index (χ3v) is 13.3. The van der Waals surface area contributed by atoms with Crippen LogP contribution < -0.4 is 4.74 Å². The Kier molecular flexibility index (Phi) is 15.9. The summed E-state index contributed by atoms with van der Waals surface area (Å²) in [6.45, 7) is 2.13. The van der Waals surface area contributed by atoms with E-state index in [2.05, 4.69) is 145 Å². The molecule has 7 aromatic carbocycles. The van der Waals surface area contributed by atoms with Gasteiger partial charge in [0, 0.05) is 3.57 Å². The van der Waals surface area contributed by atoms with Gasteiger partial charge in [0.05, 0.1) is 10.9 Å². The zero-order valence-corrected chi connectivity index (χ0v) is 36.5. The third kappa shape index (κ3) is 11.4. The van der Waals surface area contributed by atoms with Gasteiger partial charge < -0.3 is 9.29 Å². The van der Waals surface area contributed by atoms with Crippen LogP contribution in [-0.4, -0.2) is 25.9 Å². The predicted molar refractivity (Wildman–Crippen MR) is 221 cm³/mol. The highest BCUT2D eigenvalue weighted by Crippen LogP contribution is 2.34. The third-order valence-electron chi connectivity index (χ3n) is 8.39. The van der Waals surface area contributed by atoms with Crippen LogP contribution in [0.2, 0.25) is 0 Å². The van der Waals surface area contributed by atoms with Crippen LogP contribution in [0.15, 0.2) is 152 Å². The van der Waals surface area contributed by atoms with Crippen molar-refractivity contribution in [2.24, 2.45) is 0 Å². The van der Waals surface area contributed by atoms with Crippen molar-refractivity contribution in [3.8, 4) is 22.6 Å². The van der Waals surface area contributed by atoms with Crippen LogP contribution in [0, 0.1) is 68.7 Å². The minimum absolute atomic E-state index is 0.154. The highest BCUT2D eigenvalue weighted by molar-refractivity contribution is 14.1. The molecule has 0 bridgehead atoms. The molecule has 0 heterocycles. The zero-order chi connectivity index (χ0) is 47.3. The minimum Gasteiger partial charge on any atom is -0.744 e. The second-order valence-electron chi connectivity index (χ2n) is 12.7. The summed E-state index contributed by atoms with van der Waals surface area (Å²) in [5.41, 5.74) is 3.72. The molecule has 0 aliphatic rings. The standard InChI is InChI=1S/C31H24IOS.2C6HF5O3S/c1-23-12-21-31(32)30(22-23)24-13-15-25(16-14-24)33-26-17-19-29(20-18-26)34(27-8-4-2-5-9-27)28-10-6-3-7-11-28;2*7-1-2(8)4(10)6(15(12,13)14)5(11)3(1)9/h2-22H,1H3;2*(H,12,13,14)/q+1;;/p-1. The summed E-state index contributed by atoms with van der Waals surface area (Å²) in [6.07, 6.45) is 0. The molecular formula is C43H25F10IO7S3. The fourth-order valence-corrected chi connectivity index (χ4v) is 9.46. The fourth-order valence-electron chi connectivity index (χ4n) is 5.48. The van der Waals surface area contributed by atoms with Gasteiger partial charge in [0.15, 0.2) is 66.1 Å². The van der Waals surface area contributed by atoms with Crippen LogP contribution in [0.4, 0.5) is 43.9 Å². The van der Waals surface area contributed by atoms with Crippen molar-refractivity contribution in [1.82, 2.24) is 0 Å². The molecule has 0 spiro atoms. The molecular weight excluding hydrogens is 1040 g/mol. The largest absolute Gasteiger partial charge is 0.744 e. The second kappa shape index (κ2) is 20.6. The quantitative estimate of drug-likeness (QED) is 0.0402. The first-order valence-corrected chi connectivity index (χ1v) is 22.6. The number of halogens is 11. The first-order valence-electron chi connectivity index (χ1n) is 17.5.